The average molecular weight is 349 g/mol. The molecule has 1 aliphatic rings. The summed E-state index contributed by atoms with van der Waals surface area (Å²) in [5.74, 6) is 0.582. The average Bonchev–Trinajstić information content (AvgIpc) is 3.02. The molecule has 0 bridgehead atoms. The van der Waals surface area contributed by atoms with Gasteiger partial charge in [-0.25, -0.2) is 9.97 Å². The van der Waals surface area contributed by atoms with E-state index >= 15 is 0 Å². The van der Waals surface area contributed by atoms with Gasteiger partial charge in [0.25, 0.3) is 5.91 Å². The lowest BCUT2D eigenvalue weighted by Gasteiger charge is -2.27. The van der Waals surface area contributed by atoms with Gasteiger partial charge in [0.05, 0.1) is 30.0 Å². The summed E-state index contributed by atoms with van der Waals surface area (Å²) in [6, 6.07) is 5.35. The van der Waals surface area contributed by atoms with Gasteiger partial charge in [-0.2, -0.15) is 5.10 Å². The maximum absolute atomic E-state index is 12.7. The van der Waals surface area contributed by atoms with Crippen molar-refractivity contribution in [1.82, 2.24) is 29.6 Å². The molecular weight excluding hydrogens is 330 g/mol. The van der Waals surface area contributed by atoms with Crippen LogP contribution in [-0.4, -0.2) is 42.1 Å². The van der Waals surface area contributed by atoms with Crippen molar-refractivity contribution in [3.8, 4) is 0 Å². The lowest BCUT2D eigenvalue weighted by atomic mass is 10.0. The Morgan fingerprint density at radius 1 is 1.23 bits per heavy atom. The molecule has 3 aromatic rings. The Morgan fingerprint density at radius 3 is 2.85 bits per heavy atom. The third-order valence-corrected chi connectivity index (χ3v) is 4.51. The molecule has 1 amide bonds. The smallest absolute Gasteiger partial charge is 0.255 e. The highest BCUT2D eigenvalue weighted by molar-refractivity contribution is 5.94. The van der Waals surface area contributed by atoms with E-state index < -0.39 is 0 Å². The second-order valence-electron chi connectivity index (χ2n) is 6.14. The van der Waals surface area contributed by atoms with E-state index in [0.717, 1.165) is 17.8 Å². The van der Waals surface area contributed by atoms with Crippen molar-refractivity contribution in [1.29, 1.82) is 0 Å². The molecule has 0 atom stereocenters. The van der Waals surface area contributed by atoms with Crippen LogP contribution in [0, 0.1) is 0 Å². The zero-order chi connectivity index (χ0) is 17.9. The van der Waals surface area contributed by atoms with Gasteiger partial charge in [-0.1, -0.05) is 0 Å². The van der Waals surface area contributed by atoms with E-state index in [0.29, 0.717) is 31.1 Å². The van der Waals surface area contributed by atoms with Crippen LogP contribution in [0.25, 0.3) is 0 Å². The number of pyridine rings is 1. The topological polar surface area (TPSA) is 88.8 Å². The number of fused-ring (bicyclic) bond motifs is 1. The van der Waals surface area contributed by atoms with E-state index in [1.165, 1.54) is 5.56 Å². The molecule has 3 aromatic heterocycles. The van der Waals surface area contributed by atoms with Crippen molar-refractivity contribution in [2.75, 3.05) is 11.9 Å². The van der Waals surface area contributed by atoms with Gasteiger partial charge in [0.15, 0.2) is 0 Å². The molecule has 8 heteroatoms. The van der Waals surface area contributed by atoms with Crippen LogP contribution in [0.4, 0.5) is 5.95 Å². The number of aryl methyl sites for hydroxylation is 1. The number of carbonyl (C=O) groups excluding carboxylic acids is 1. The number of aromatic nitrogens is 5. The Bertz CT molecular complexity index is 908. The summed E-state index contributed by atoms with van der Waals surface area (Å²) in [5.41, 5.74) is 3.86. The Hall–Kier alpha value is -3.29. The highest BCUT2D eigenvalue weighted by atomic mass is 16.2. The molecule has 0 aromatic carbocycles. The van der Waals surface area contributed by atoms with Crippen molar-refractivity contribution in [3.05, 3.63) is 65.5 Å². The molecule has 0 spiro atoms. The van der Waals surface area contributed by atoms with E-state index in [4.69, 9.17) is 0 Å². The number of carbonyl (C=O) groups is 1. The summed E-state index contributed by atoms with van der Waals surface area (Å²) in [6.45, 7) is 1.78. The van der Waals surface area contributed by atoms with Crippen molar-refractivity contribution >= 4 is 11.9 Å². The zero-order valence-electron chi connectivity index (χ0n) is 14.5. The monoisotopic (exact) mass is 349 g/mol. The van der Waals surface area contributed by atoms with Crippen molar-refractivity contribution in [2.24, 2.45) is 7.05 Å². The Morgan fingerprint density at radius 2 is 2.08 bits per heavy atom. The lowest BCUT2D eigenvalue weighted by Crippen LogP contribution is -2.36. The van der Waals surface area contributed by atoms with Gasteiger partial charge in [-0.05, 0) is 24.6 Å². The Kier molecular flexibility index (Phi) is 4.30. The van der Waals surface area contributed by atoms with Gasteiger partial charge in [0.1, 0.15) is 0 Å². The van der Waals surface area contributed by atoms with Gasteiger partial charge in [-0.3, -0.25) is 14.5 Å². The quantitative estimate of drug-likeness (QED) is 0.766. The van der Waals surface area contributed by atoms with Crippen molar-refractivity contribution in [2.45, 2.75) is 19.5 Å². The van der Waals surface area contributed by atoms with Crippen LogP contribution in [0.2, 0.25) is 0 Å². The summed E-state index contributed by atoms with van der Waals surface area (Å²) < 4.78 is 1.86. The fourth-order valence-corrected chi connectivity index (χ4v) is 3.20. The molecule has 0 aliphatic carbocycles. The molecule has 0 fully saturated rings. The van der Waals surface area contributed by atoms with Gasteiger partial charge in [0.2, 0.25) is 5.95 Å². The summed E-state index contributed by atoms with van der Waals surface area (Å²) in [4.78, 5) is 26.9. The largest absolute Gasteiger partial charge is 0.348 e. The van der Waals surface area contributed by atoms with Crippen LogP contribution in [0.3, 0.4) is 0 Å². The fraction of sp³-hybridized carbons (Fsp3) is 0.278. The fourth-order valence-electron chi connectivity index (χ4n) is 3.20. The van der Waals surface area contributed by atoms with Gasteiger partial charge in [0, 0.05) is 43.9 Å². The van der Waals surface area contributed by atoms with Crippen LogP contribution in [-0.2, 0) is 26.6 Å². The van der Waals surface area contributed by atoms with Crippen molar-refractivity contribution < 1.29 is 4.79 Å². The number of rotatable bonds is 4. The third-order valence-electron chi connectivity index (χ3n) is 4.51. The number of amides is 1. The van der Waals surface area contributed by atoms with E-state index in [2.05, 4.69) is 25.4 Å². The first kappa shape index (κ1) is 16.2. The minimum atomic E-state index is 0.00214. The summed E-state index contributed by atoms with van der Waals surface area (Å²) >= 11 is 0. The van der Waals surface area contributed by atoms with Crippen LogP contribution in [0.15, 0.2) is 43.0 Å². The summed E-state index contributed by atoms with van der Waals surface area (Å²) in [5, 5.41) is 7.82. The molecule has 4 rings (SSSR count). The number of hydrogen-bond donors (Lipinski definition) is 1. The molecule has 26 heavy (non-hydrogen) atoms. The van der Waals surface area contributed by atoms with Crippen LogP contribution in [0.5, 0.6) is 0 Å². The number of anilines is 1. The SMILES string of the molecule is Cn1nc(CNc2ncccn2)c2c1CN(C(=O)c1cccnc1)CC2. The zero-order valence-corrected chi connectivity index (χ0v) is 14.5. The van der Waals surface area contributed by atoms with E-state index in [-0.39, 0.29) is 5.91 Å². The lowest BCUT2D eigenvalue weighted by molar-refractivity contribution is 0.0730. The summed E-state index contributed by atoms with van der Waals surface area (Å²) in [6.07, 6.45) is 7.45. The predicted molar refractivity (Wildman–Crippen MR) is 95.2 cm³/mol. The molecule has 8 nitrogen and oxygen atoms in total. The van der Waals surface area contributed by atoms with E-state index in [1.54, 1.807) is 43.0 Å². The molecular formula is C18H19N7O. The highest BCUT2D eigenvalue weighted by Gasteiger charge is 2.27. The van der Waals surface area contributed by atoms with Gasteiger partial charge in [-0.15, -0.1) is 0 Å². The predicted octanol–water partition coefficient (Wildman–Crippen LogP) is 1.42. The first-order chi connectivity index (χ1) is 12.7. The highest BCUT2D eigenvalue weighted by Crippen LogP contribution is 2.23. The summed E-state index contributed by atoms with van der Waals surface area (Å²) in [7, 11) is 1.92. The number of nitrogens with zero attached hydrogens (tertiary/aromatic N) is 6. The van der Waals surface area contributed by atoms with E-state index in [1.807, 2.05) is 16.6 Å². The normalized spacial score (nSPS) is 13.3. The molecule has 0 unspecified atom stereocenters. The minimum Gasteiger partial charge on any atom is -0.348 e. The minimum absolute atomic E-state index is 0.00214. The van der Waals surface area contributed by atoms with Crippen molar-refractivity contribution in [3.63, 3.8) is 0 Å². The molecule has 1 N–H and O–H groups in total. The first-order valence-corrected chi connectivity index (χ1v) is 8.46. The van der Waals surface area contributed by atoms with Gasteiger partial charge >= 0.3 is 0 Å². The maximum Gasteiger partial charge on any atom is 0.255 e. The van der Waals surface area contributed by atoms with E-state index in [9.17, 15) is 4.79 Å². The third kappa shape index (κ3) is 3.13. The number of nitrogens with one attached hydrogen (secondary N) is 1. The molecule has 4 heterocycles. The molecule has 0 saturated carbocycles. The van der Waals surface area contributed by atoms with Gasteiger partial charge < -0.3 is 10.2 Å². The second kappa shape index (κ2) is 6.91. The van der Waals surface area contributed by atoms with Crippen LogP contribution < -0.4 is 5.32 Å². The second-order valence-corrected chi connectivity index (χ2v) is 6.14. The molecule has 0 saturated heterocycles. The first-order valence-electron chi connectivity index (χ1n) is 8.46. The molecule has 0 radical (unpaired) electrons. The Labute approximate surface area is 150 Å². The molecule has 1 aliphatic heterocycles. The van der Waals surface area contributed by atoms with Crippen LogP contribution >= 0.6 is 0 Å². The maximum atomic E-state index is 12.7. The Balaban J connectivity index is 1.50. The standard InChI is InChI=1S/C18H19N7O/c1-24-16-12-25(17(26)13-4-2-6-19-10-13)9-5-14(16)15(23-24)11-22-18-20-7-3-8-21-18/h2-4,6-8,10H,5,9,11-12H2,1H3,(H,20,21,22). The number of hydrogen-bond acceptors (Lipinski definition) is 6. The molecule has 132 valence electrons. The van der Waals surface area contributed by atoms with Crippen LogP contribution in [0.1, 0.15) is 27.3 Å².